The molecule has 0 saturated heterocycles. The lowest BCUT2D eigenvalue weighted by Crippen LogP contribution is -2.34. The third-order valence-corrected chi connectivity index (χ3v) is 4.21. The zero-order chi connectivity index (χ0) is 14.3. The van der Waals surface area contributed by atoms with Gasteiger partial charge in [0.25, 0.3) is 0 Å². The van der Waals surface area contributed by atoms with Crippen LogP contribution >= 0.6 is 0 Å². The highest BCUT2D eigenvalue weighted by atomic mass is 15.3. The Hall–Kier alpha value is -0.830. The molecule has 19 heavy (non-hydrogen) atoms. The summed E-state index contributed by atoms with van der Waals surface area (Å²) in [6, 6.07) is 3.31. The van der Waals surface area contributed by atoms with E-state index in [1.54, 1.807) is 0 Å². The van der Waals surface area contributed by atoms with Crippen LogP contribution in [0.5, 0.6) is 0 Å². The highest BCUT2D eigenvalue weighted by Gasteiger charge is 2.17. The lowest BCUT2D eigenvalue weighted by molar-refractivity contribution is 0.360. The maximum Gasteiger partial charge on any atom is 0.0628 e. The lowest BCUT2D eigenvalue weighted by Gasteiger charge is -2.22. The molecule has 1 aromatic rings. The molecule has 0 saturated carbocycles. The largest absolute Gasteiger partial charge is 0.314 e. The molecule has 0 aliphatic rings. The van der Waals surface area contributed by atoms with E-state index in [0.717, 1.165) is 25.8 Å². The quantitative estimate of drug-likeness (QED) is 0.736. The van der Waals surface area contributed by atoms with Gasteiger partial charge in [-0.15, -0.1) is 0 Å². The summed E-state index contributed by atoms with van der Waals surface area (Å²) in [6.45, 7) is 12.2. The monoisotopic (exact) mass is 265 g/mol. The molecule has 1 heterocycles. The molecular formula is C16H31N3. The molecule has 1 rings (SSSR count). The average molecular weight is 265 g/mol. The fraction of sp³-hybridized carbons (Fsp3) is 0.812. The van der Waals surface area contributed by atoms with E-state index in [1.165, 1.54) is 12.1 Å². The smallest absolute Gasteiger partial charge is 0.0628 e. The van der Waals surface area contributed by atoms with Crippen molar-refractivity contribution in [3.8, 4) is 0 Å². The zero-order valence-electron chi connectivity index (χ0n) is 13.3. The predicted octanol–water partition coefficient (Wildman–Crippen LogP) is 3.81. The summed E-state index contributed by atoms with van der Waals surface area (Å²) in [6.07, 6.45) is 6.74. The number of aromatic nitrogens is 2. The van der Waals surface area contributed by atoms with E-state index < -0.39 is 0 Å². The van der Waals surface area contributed by atoms with E-state index in [2.05, 4.69) is 56.9 Å². The van der Waals surface area contributed by atoms with E-state index >= 15 is 0 Å². The van der Waals surface area contributed by atoms with Gasteiger partial charge in [0.2, 0.25) is 0 Å². The van der Waals surface area contributed by atoms with Crippen LogP contribution in [0.3, 0.4) is 0 Å². The summed E-state index contributed by atoms with van der Waals surface area (Å²) in [5, 5.41) is 8.31. The molecule has 0 bridgehead atoms. The van der Waals surface area contributed by atoms with Crippen molar-refractivity contribution in [1.29, 1.82) is 0 Å². The van der Waals surface area contributed by atoms with Gasteiger partial charge in [0.05, 0.1) is 11.7 Å². The first-order valence-corrected chi connectivity index (χ1v) is 7.93. The minimum atomic E-state index is 0.556. The summed E-state index contributed by atoms with van der Waals surface area (Å²) in [5.41, 5.74) is 1.24. The van der Waals surface area contributed by atoms with Crippen LogP contribution in [0.1, 0.15) is 65.6 Å². The van der Waals surface area contributed by atoms with Gasteiger partial charge in [-0.3, -0.25) is 4.68 Å². The van der Waals surface area contributed by atoms with Crippen LogP contribution in [0.25, 0.3) is 0 Å². The maximum absolute atomic E-state index is 4.77. The summed E-state index contributed by atoms with van der Waals surface area (Å²) < 4.78 is 2.15. The van der Waals surface area contributed by atoms with Crippen LogP contribution < -0.4 is 5.32 Å². The van der Waals surface area contributed by atoms with Gasteiger partial charge in [0.1, 0.15) is 0 Å². The van der Waals surface area contributed by atoms with Crippen molar-refractivity contribution in [2.45, 2.75) is 72.4 Å². The van der Waals surface area contributed by atoms with E-state index in [0.29, 0.717) is 18.0 Å². The highest BCUT2D eigenvalue weighted by Crippen LogP contribution is 2.18. The third kappa shape index (κ3) is 4.64. The first-order valence-electron chi connectivity index (χ1n) is 7.93. The predicted molar refractivity (Wildman–Crippen MR) is 82.5 cm³/mol. The molecular weight excluding hydrogens is 234 g/mol. The van der Waals surface area contributed by atoms with Crippen molar-refractivity contribution in [3.63, 3.8) is 0 Å². The molecule has 1 N–H and O–H groups in total. The van der Waals surface area contributed by atoms with Crippen LogP contribution in [0, 0.1) is 5.92 Å². The number of nitrogens with zero attached hydrogens (tertiary/aromatic N) is 2. The lowest BCUT2D eigenvalue weighted by atomic mass is 9.93. The molecule has 0 aliphatic heterocycles. The minimum Gasteiger partial charge on any atom is -0.314 e. The Morgan fingerprint density at radius 1 is 1.16 bits per heavy atom. The Labute approximate surface area is 118 Å². The fourth-order valence-electron chi connectivity index (χ4n) is 2.78. The van der Waals surface area contributed by atoms with Gasteiger partial charge < -0.3 is 5.32 Å². The standard InChI is InChI=1S/C16H31N3/c1-6-14(13(5)17-9-4)12-15-10-11-19(18-15)16(7-2)8-3/h10-11,13-14,16-17H,6-9,12H2,1-5H3. The molecule has 0 aromatic carbocycles. The van der Waals surface area contributed by atoms with Gasteiger partial charge in [-0.2, -0.15) is 5.10 Å². The Kier molecular flexibility index (Phi) is 7.14. The molecule has 110 valence electrons. The van der Waals surface area contributed by atoms with Gasteiger partial charge in [-0.25, -0.2) is 0 Å². The number of hydrogen-bond donors (Lipinski definition) is 1. The first-order chi connectivity index (χ1) is 9.15. The highest BCUT2D eigenvalue weighted by molar-refractivity contribution is 5.02. The molecule has 1 aromatic heterocycles. The second kappa shape index (κ2) is 8.36. The first kappa shape index (κ1) is 16.2. The number of rotatable bonds is 9. The number of hydrogen-bond acceptors (Lipinski definition) is 2. The van der Waals surface area contributed by atoms with Crippen molar-refractivity contribution in [2.24, 2.45) is 5.92 Å². The second-order valence-corrected chi connectivity index (χ2v) is 5.48. The van der Waals surface area contributed by atoms with Gasteiger partial charge in [-0.1, -0.05) is 34.1 Å². The SMILES string of the molecule is CCNC(C)C(CC)Cc1ccn(C(CC)CC)n1. The van der Waals surface area contributed by atoms with E-state index in [9.17, 15) is 0 Å². The molecule has 3 nitrogen and oxygen atoms in total. The Morgan fingerprint density at radius 3 is 2.37 bits per heavy atom. The zero-order valence-corrected chi connectivity index (χ0v) is 13.3. The Balaban J connectivity index is 2.65. The summed E-state index contributed by atoms with van der Waals surface area (Å²) in [4.78, 5) is 0. The second-order valence-electron chi connectivity index (χ2n) is 5.48. The molecule has 0 aliphatic carbocycles. The van der Waals surface area contributed by atoms with Gasteiger partial charge in [0.15, 0.2) is 0 Å². The number of nitrogens with one attached hydrogen (secondary N) is 1. The van der Waals surface area contributed by atoms with Gasteiger partial charge in [-0.05, 0) is 44.7 Å². The van der Waals surface area contributed by atoms with Crippen LogP contribution in [0.2, 0.25) is 0 Å². The maximum atomic E-state index is 4.77. The fourth-order valence-corrected chi connectivity index (χ4v) is 2.78. The summed E-state index contributed by atoms with van der Waals surface area (Å²) >= 11 is 0. The Morgan fingerprint density at radius 2 is 1.84 bits per heavy atom. The van der Waals surface area contributed by atoms with Crippen LogP contribution in [0.15, 0.2) is 12.3 Å². The van der Waals surface area contributed by atoms with Gasteiger partial charge >= 0.3 is 0 Å². The van der Waals surface area contributed by atoms with Crippen molar-refractivity contribution >= 4 is 0 Å². The van der Waals surface area contributed by atoms with Gasteiger partial charge in [0, 0.05) is 12.2 Å². The van der Waals surface area contributed by atoms with E-state index in [-0.39, 0.29) is 0 Å². The minimum absolute atomic E-state index is 0.556. The van der Waals surface area contributed by atoms with E-state index in [4.69, 9.17) is 5.10 Å². The van der Waals surface area contributed by atoms with Crippen molar-refractivity contribution < 1.29 is 0 Å². The summed E-state index contributed by atoms with van der Waals surface area (Å²) in [7, 11) is 0. The van der Waals surface area contributed by atoms with Crippen LogP contribution in [-0.4, -0.2) is 22.4 Å². The van der Waals surface area contributed by atoms with Crippen LogP contribution in [-0.2, 0) is 6.42 Å². The van der Waals surface area contributed by atoms with Crippen molar-refractivity contribution in [3.05, 3.63) is 18.0 Å². The third-order valence-electron chi connectivity index (χ3n) is 4.21. The molecule has 0 spiro atoms. The molecule has 2 unspecified atom stereocenters. The van der Waals surface area contributed by atoms with Crippen molar-refractivity contribution in [2.75, 3.05) is 6.54 Å². The Bertz CT molecular complexity index is 342. The molecule has 0 amide bonds. The molecule has 0 fully saturated rings. The molecule has 0 radical (unpaired) electrons. The van der Waals surface area contributed by atoms with E-state index in [1.807, 2.05) is 0 Å². The summed E-state index contributed by atoms with van der Waals surface area (Å²) in [5.74, 6) is 0.671. The van der Waals surface area contributed by atoms with Crippen molar-refractivity contribution in [1.82, 2.24) is 15.1 Å². The normalized spacial score (nSPS) is 14.8. The van der Waals surface area contributed by atoms with Crippen LogP contribution in [0.4, 0.5) is 0 Å². The average Bonchev–Trinajstić information content (AvgIpc) is 2.86. The molecule has 3 heteroatoms. The topological polar surface area (TPSA) is 29.9 Å². The molecule has 2 atom stereocenters.